The molecule has 3 heterocycles. The van der Waals surface area contributed by atoms with Crippen molar-refractivity contribution in [3.63, 3.8) is 0 Å². The maximum Gasteiger partial charge on any atom is 0.351 e. The molecule has 2 bridgehead atoms. The molecule has 1 aromatic heterocycles. The van der Waals surface area contributed by atoms with E-state index in [-0.39, 0.29) is 12.4 Å². The minimum atomic E-state index is -4.54. The van der Waals surface area contributed by atoms with E-state index in [0.717, 1.165) is 4.57 Å². The molecule has 10 nitrogen and oxygen atoms in total. The zero-order valence-electron chi connectivity index (χ0n) is 9.99. The van der Waals surface area contributed by atoms with Gasteiger partial charge in [-0.15, -0.1) is 0 Å². The predicted molar refractivity (Wildman–Crippen MR) is 61.3 cm³/mol. The minimum absolute atomic E-state index is 0.0173. The molecule has 0 aromatic carbocycles. The van der Waals surface area contributed by atoms with Crippen molar-refractivity contribution in [2.45, 2.75) is 24.5 Å². The highest BCUT2D eigenvalue weighted by molar-refractivity contribution is 7.45. The van der Waals surface area contributed by atoms with Crippen LogP contribution in [0, 0.1) is 0 Å². The van der Waals surface area contributed by atoms with E-state index in [4.69, 9.17) is 15.0 Å². The maximum absolute atomic E-state index is 11.7. The van der Waals surface area contributed by atoms with E-state index in [1.165, 1.54) is 12.3 Å². The van der Waals surface area contributed by atoms with Gasteiger partial charge in [-0.05, 0) is 6.07 Å². The van der Waals surface area contributed by atoms with Crippen molar-refractivity contribution in [3.8, 4) is 0 Å². The normalized spacial score (nSPS) is 40.5. The fourth-order valence-corrected chi connectivity index (χ4v) is 3.07. The first-order valence-electron chi connectivity index (χ1n) is 5.69. The van der Waals surface area contributed by atoms with Crippen LogP contribution in [0.25, 0.3) is 0 Å². The molecule has 5 unspecified atom stereocenters. The van der Waals surface area contributed by atoms with E-state index < -0.39 is 38.1 Å². The van der Waals surface area contributed by atoms with Gasteiger partial charge in [-0.3, -0.25) is 9.13 Å². The molecule has 5 atom stereocenters. The number of nitrogens with zero attached hydrogens (tertiary/aromatic N) is 2. The van der Waals surface area contributed by atoms with Gasteiger partial charge in [-0.1, -0.05) is 0 Å². The number of ether oxygens (including phenoxy) is 1. The standard InChI is InChI=1S/C9H12N3O7P/c10-5-1-2-12(9(14)11-5)8-7-6(13)4(18-8)3-17-20(15,16)19-7/h1-2,4,6-8,13H,3H2,(H,15,16)(H2,10,11,14)/p-1. The van der Waals surface area contributed by atoms with E-state index in [9.17, 15) is 19.4 Å². The Balaban J connectivity index is 1.99. The first-order chi connectivity index (χ1) is 9.37. The van der Waals surface area contributed by atoms with Gasteiger partial charge in [0.2, 0.25) is 0 Å². The SMILES string of the molecule is Nc1ccn(C2OC3COP(=O)([O-])OC2C3O)c(=O)n1. The Labute approximate surface area is 112 Å². The average molecular weight is 304 g/mol. The second kappa shape index (κ2) is 4.62. The highest BCUT2D eigenvalue weighted by Gasteiger charge is 2.50. The third kappa shape index (κ3) is 2.26. The number of anilines is 1. The van der Waals surface area contributed by atoms with Crippen LogP contribution in [-0.4, -0.2) is 39.6 Å². The Kier molecular flexibility index (Phi) is 3.16. The molecule has 2 aliphatic heterocycles. The van der Waals surface area contributed by atoms with Crippen LogP contribution in [0.2, 0.25) is 0 Å². The molecule has 11 heteroatoms. The number of phosphoric ester groups is 1. The van der Waals surface area contributed by atoms with Crippen LogP contribution >= 0.6 is 7.82 Å². The van der Waals surface area contributed by atoms with Crippen LogP contribution in [0.15, 0.2) is 17.1 Å². The van der Waals surface area contributed by atoms with Gasteiger partial charge in [0.1, 0.15) is 24.1 Å². The summed E-state index contributed by atoms with van der Waals surface area (Å²) in [5.74, 6) is 0.0173. The molecule has 2 saturated heterocycles. The number of nitrogens with two attached hydrogens (primary N) is 1. The number of fused-ring (bicyclic) bond motifs is 2. The first-order valence-corrected chi connectivity index (χ1v) is 7.16. The van der Waals surface area contributed by atoms with Gasteiger partial charge in [0, 0.05) is 6.20 Å². The third-order valence-electron chi connectivity index (χ3n) is 3.09. The number of phosphoric acid groups is 1. The molecule has 3 rings (SSSR count). The van der Waals surface area contributed by atoms with Crippen LogP contribution in [0.3, 0.4) is 0 Å². The number of nitrogen functional groups attached to an aromatic ring is 1. The Hall–Kier alpha value is -1.29. The van der Waals surface area contributed by atoms with Crippen molar-refractivity contribution in [3.05, 3.63) is 22.7 Å². The lowest BCUT2D eigenvalue weighted by molar-refractivity contribution is -0.237. The summed E-state index contributed by atoms with van der Waals surface area (Å²) in [7, 11) is -4.54. The van der Waals surface area contributed by atoms with E-state index in [2.05, 4.69) is 9.51 Å². The third-order valence-corrected chi connectivity index (χ3v) is 4.05. The number of hydrogen-bond acceptors (Lipinski definition) is 9. The van der Waals surface area contributed by atoms with Crippen LogP contribution in [0.1, 0.15) is 6.23 Å². The van der Waals surface area contributed by atoms with Gasteiger partial charge in [-0.2, -0.15) is 4.98 Å². The van der Waals surface area contributed by atoms with Gasteiger partial charge in [0.25, 0.3) is 7.82 Å². The molecule has 110 valence electrons. The van der Waals surface area contributed by atoms with Crippen LogP contribution in [0.5, 0.6) is 0 Å². The summed E-state index contributed by atoms with van der Waals surface area (Å²) < 4.78 is 27.1. The van der Waals surface area contributed by atoms with Gasteiger partial charge in [0.05, 0.1) is 6.61 Å². The molecule has 2 fully saturated rings. The summed E-state index contributed by atoms with van der Waals surface area (Å²) in [6, 6.07) is 1.35. The van der Waals surface area contributed by atoms with E-state index in [1.807, 2.05) is 0 Å². The molecule has 2 aliphatic rings. The second-order valence-electron chi connectivity index (χ2n) is 4.41. The summed E-state index contributed by atoms with van der Waals surface area (Å²) in [6.45, 7) is -0.383. The second-order valence-corrected chi connectivity index (χ2v) is 5.77. The van der Waals surface area contributed by atoms with Gasteiger partial charge in [-0.25, -0.2) is 4.79 Å². The van der Waals surface area contributed by atoms with Crippen LogP contribution in [-0.2, 0) is 18.3 Å². The molecule has 0 aliphatic carbocycles. The van der Waals surface area contributed by atoms with Gasteiger partial charge >= 0.3 is 5.69 Å². The molecule has 3 N–H and O–H groups in total. The summed E-state index contributed by atoms with van der Waals surface area (Å²) >= 11 is 0. The maximum atomic E-state index is 11.7. The highest BCUT2D eigenvalue weighted by Crippen LogP contribution is 2.49. The van der Waals surface area contributed by atoms with E-state index in [1.54, 1.807) is 0 Å². The zero-order valence-corrected chi connectivity index (χ0v) is 10.9. The minimum Gasteiger partial charge on any atom is -0.756 e. The molecule has 0 amide bonds. The Morgan fingerprint density at radius 3 is 3.05 bits per heavy atom. The van der Waals surface area contributed by atoms with Crippen LogP contribution < -0.4 is 16.3 Å². The average Bonchev–Trinajstić information content (AvgIpc) is 2.58. The first kappa shape index (κ1) is 13.7. The lowest BCUT2D eigenvalue weighted by Gasteiger charge is -2.29. The Bertz CT molecular complexity index is 634. The van der Waals surface area contributed by atoms with Crippen molar-refractivity contribution in [1.82, 2.24) is 9.55 Å². The fraction of sp³-hybridized carbons (Fsp3) is 0.556. The monoisotopic (exact) mass is 304 g/mol. The number of aliphatic hydroxyl groups is 1. The number of aliphatic hydroxyl groups excluding tert-OH is 1. The number of rotatable bonds is 1. The van der Waals surface area contributed by atoms with Gasteiger partial charge in [0.15, 0.2) is 6.23 Å². The summed E-state index contributed by atoms with van der Waals surface area (Å²) in [4.78, 5) is 26.7. The molecular weight excluding hydrogens is 293 g/mol. The Morgan fingerprint density at radius 2 is 2.35 bits per heavy atom. The summed E-state index contributed by atoms with van der Waals surface area (Å²) in [5.41, 5.74) is 4.63. The van der Waals surface area contributed by atoms with Crippen molar-refractivity contribution in [2.24, 2.45) is 0 Å². The van der Waals surface area contributed by atoms with E-state index in [0.29, 0.717) is 0 Å². The van der Waals surface area contributed by atoms with Gasteiger partial charge < -0.3 is 29.5 Å². The molecule has 0 radical (unpaired) electrons. The number of hydrogen-bond donors (Lipinski definition) is 2. The quantitative estimate of drug-likeness (QED) is 0.560. The molecule has 0 saturated carbocycles. The molecular formula is C9H11N3O7P-. The molecule has 1 aromatic rings. The smallest absolute Gasteiger partial charge is 0.351 e. The van der Waals surface area contributed by atoms with Crippen molar-refractivity contribution in [1.29, 1.82) is 0 Å². The fourth-order valence-electron chi connectivity index (χ4n) is 2.16. The highest BCUT2D eigenvalue weighted by atomic mass is 31.2. The zero-order chi connectivity index (χ0) is 14.5. The summed E-state index contributed by atoms with van der Waals surface area (Å²) in [6.07, 6.45) is -3.27. The lowest BCUT2D eigenvalue weighted by Crippen LogP contribution is -2.37. The number of aromatic nitrogens is 2. The molecule has 20 heavy (non-hydrogen) atoms. The van der Waals surface area contributed by atoms with Crippen LogP contribution in [0.4, 0.5) is 5.82 Å². The largest absolute Gasteiger partial charge is 0.756 e. The van der Waals surface area contributed by atoms with Crippen molar-refractivity contribution < 1.29 is 28.3 Å². The van der Waals surface area contributed by atoms with Crippen molar-refractivity contribution >= 4 is 13.6 Å². The Morgan fingerprint density at radius 1 is 1.60 bits per heavy atom. The topological polar surface area (TPSA) is 149 Å². The molecule has 0 spiro atoms. The lowest BCUT2D eigenvalue weighted by atomic mass is 10.1. The van der Waals surface area contributed by atoms with E-state index >= 15 is 0 Å². The summed E-state index contributed by atoms with van der Waals surface area (Å²) in [5, 5.41) is 9.95. The van der Waals surface area contributed by atoms with Crippen molar-refractivity contribution in [2.75, 3.05) is 12.3 Å². The predicted octanol–water partition coefficient (Wildman–Crippen LogP) is -2.03.